The number of piperidine rings is 1. The largest absolute Gasteiger partial charge is 0.367 e. The maximum atomic E-state index is 11.0. The number of hydrogen-bond acceptors (Lipinski definition) is 5. The molecule has 1 saturated carbocycles. The van der Waals surface area contributed by atoms with E-state index in [0.717, 1.165) is 19.4 Å². The number of rotatable bonds is 3. The lowest BCUT2D eigenvalue weighted by Gasteiger charge is -2.48. The molecule has 2 fully saturated rings. The second-order valence-electron chi connectivity index (χ2n) is 6.01. The molecule has 2 aliphatic rings. The predicted molar refractivity (Wildman–Crippen MR) is 76.9 cm³/mol. The molecule has 0 aromatic carbocycles. The van der Waals surface area contributed by atoms with Gasteiger partial charge in [0, 0.05) is 23.3 Å². The van der Waals surface area contributed by atoms with E-state index in [9.17, 15) is 10.1 Å². The van der Waals surface area contributed by atoms with Gasteiger partial charge in [0.05, 0.1) is 11.0 Å². The molecule has 1 aliphatic heterocycles. The molecule has 1 aromatic heterocycles. The van der Waals surface area contributed by atoms with Crippen molar-refractivity contribution in [3.63, 3.8) is 0 Å². The number of hydrogen-bond donors (Lipinski definition) is 2. The van der Waals surface area contributed by atoms with Gasteiger partial charge >= 0.3 is 0 Å². The maximum Gasteiger partial charge on any atom is 0.277 e. The van der Waals surface area contributed by atoms with Crippen LogP contribution < -0.4 is 10.6 Å². The minimum atomic E-state index is -0.349. The average molecular weight is 276 g/mol. The molecule has 1 atom stereocenters. The molecule has 0 amide bonds. The lowest BCUT2D eigenvalue weighted by Crippen LogP contribution is -2.58. The molecule has 1 unspecified atom stereocenters. The lowest BCUT2D eigenvalue weighted by molar-refractivity contribution is -0.385. The number of nitrogens with zero attached hydrogens (tertiary/aromatic N) is 2. The Balaban J connectivity index is 1.71. The van der Waals surface area contributed by atoms with E-state index in [4.69, 9.17) is 0 Å². The average Bonchev–Trinajstić information content (AvgIpc) is 2.39. The molecule has 1 aliphatic carbocycles. The molecular formula is C14H20N4O2. The molecule has 1 saturated heterocycles. The van der Waals surface area contributed by atoms with Gasteiger partial charge in [0.2, 0.25) is 0 Å². The van der Waals surface area contributed by atoms with Gasteiger partial charge in [-0.25, -0.2) is 4.98 Å². The van der Waals surface area contributed by atoms with Crippen LogP contribution in [0.2, 0.25) is 0 Å². The van der Waals surface area contributed by atoms with E-state index in [1.165, 1.54) is 19.3 Å². The van der Waals surface area contributed by atoms with Crippen molar-refractivity contribution < 1.29 is 4.92 Å². The van der Waals surface area contributed by atoms with Crippen LogP contribution in [0, 0.1) is 17.0 Å². The summed E-state index contributed by atoms with van der Waals surface area (Å²) in [6.07, 6.45) is 7.47. The smallest absolute Gasteiger partial charge is 0.277 e. The molecule has 6 heteroatoms. The fourth-order valence-electron chi connectivity index (χ4n) is 3.26. The topological polar surface area (TPSA) is 80.1 Å². The second kappa shape index (κ2) is 5.01. The monoisotopic (exact) mass is 276 g/mol. The summed E-state index contributed by atoms with van der Waals surface area (Å²) in [6.45, 7) is 2.72. The van der Waals surface area contributed by atoms with Gasteiger partial charge in [0.25, 0.3) is 5.69 Å². The fourth-order valence-corrected chi connectivity index (χ4v) is 3.26. The first-order valence-electron chi connectivity index (χ1n) is 7.21. The summed E-state index contributed by atoms with van der Waals surface area (Å²) in [4.78, 5) is 14.9. The van der Waals surface area contributed by atoms with Crippen molar-refractivity contribution in [3.8, 4) is 0 Å². The number of anilines is 1. The molecule has 1 spiro atoms. The summed E-state index contributed by atoms with van der Waals surface area (Å²) in [5.74, 6) is 0.615. The quantitative estimate of drug-likeness (QED) is 0.654. The van der Waals surface area contributed by atoms with Gasteiger partial charge in [-0.15, -0.1) is 0 Å². The van der Waals surface area contributed by atoms with E-state index < -0.39 is 0 Å². The van der Waals surface area contributed by atoms with Crippen molar-refractivity contribution in [2.75, 3.05) is 11.9 Å². The van der Waals surface area contributed by atoms with E-state index in [1.54, 1.807) is 19.2 Å². The standard InChI is InChI=1S/C14H20N4O2/c1-10-9-15-13(7-12(10)18(19)20)17-11-3-6-16-14(8-11)4-2-5-14/h7,9,11,16H,2-6,8H2,1H3,(H,15,17). The summed E-state index contributed by atoms with van der Waals surface area (Å²) < 4.78 is 0. The number of nitro groups is 1. The predicted octanol–water partition coefficient (Wildman–Crippen LogP) is 2.38. The van der Waals surface area contributed by atoms with Gasteiger partial charge in [0.1, 0.15) is 5.82 Å². The van der Waals surface area contributed by atoms with E-state index in [2.05, 4.69) is 15.6 Å². The highest BCUT2D eigenvalue weighted by atomic mass is 16.6. The van der Waals surface area contributed by atoms with E-state index in [1.807, 2.05) is 0 Å². The van der Waals surface area contributed by atoms with Crippen molar-refractivity contribution >= 4 is 11.5 Å². The van der Waals surface area contributed by atoms with Crippen LogP contribution in [0.1, 0.15) is 37.7 Å². The molecule has 1 aromatic rings. The molecule has 0 radical (unpaired) electrons. The zero-order valence-corrected chi connectivity index (χ0v) is 11.7. The van der Waals surface area contributed by atoms with E-state index in [0.29, 0.717) is 23.0 Å². The first-order valence-corrected chi connectivity index (χ1v) is 7.21. The third-order valence-electron chi connectivity index (χ3n) is 4.56. The van der Waals surface area contributed by atoms with E-state index >= 15 is 0 Å². The zero-order chi connectivity index (χ0) is 14.2. The van der Waals surface area contributed by atoms with Crippen molar-refractivity contribution in [3.05, 3.63) is 27.9 Å². The summed E-state index contributed by atoms with van der Waals surface area (Å²) >= 11 is 0. The first kappa shape index (κ1) is 13.3. The van der Waals surface area contributed by atoms with Crippen molar-refractivity contribution in [2.45, 2.75) is 50.6 Å². The maximum absolute atomic E-state index is 11.0. The molecular weight excluding hydrogens is 256 g/mol. The van der Waals surface area contributed by atoms with Crippen LogP contribution in [0.15, 0.2) is 12.3 Å². The number of pyridine rings is 1. The Hall–Kier alpha value is -1.69. The Morgan fingerprint density at radius 3 is 3.00 bits per heavy atom. The SMILES string of the molecule is Cc1cnc(NC2CCNC3(CCC3)C2)cc1[N+](=O)[O-]. The summed E-state index contributed by atoms with van der Waals surface area (Å²) in [5, 5.41) is 18.0. The first-order chi connectivity index (χ1) is 9.58. The molecule has 20 heavy (non-hydrogen) atoms. The Morgan fingerprint density at radius 2 is 2.35 bits per heavy atom. The van der Waals surface area contributed by atoms with Gasteiger partial charge in [-0.3, -0.25) is 10.1 Å². The summed E-state index contributed by atoms with van der Waals surface area (Å²) in [7, 11) is 0. The van der Waals surface area contributed by atoms with Crippen LogP contribution in [-0.2, 0) is 0 Å². The van der Waals surface area contributed by atoms with Gasteiger partial charge < -0.3 is 10.6 Å². The van der Waals surface area contributed by atoms with Crippen LogP contribution >= 0.6 is 0 Å². The van der Waals surface area contributed by atoms with E-state index in [-0.39, 0.29) is 10.6 Å². The molecule has 6 nitrogen and oxygen atoms in total. The number of nitrogens with one attached hydrogen (secondary N) is 2. The van der Waals surface area contributed by atoms with Gasteiger partial charge in [-0.05, 0) is 45.6 Å². The van der Waals surface area contributed by atoms with Crippen LogP contribution in [0.25, 0.3) is 0 Å². The van der Waals surface area contributed by atoms with Crippen molar-refractivity contribution in [1.29, 1.82) is 0 Å². The minimum Gasteiger partial charge on any atom is -0.367 e. The fraction of sp³-hybridized carbons (Fsp3) is 0.643. The highest BCUT2D eigenvalue weighted by Gasteiger charge is 2.40. The summed E-state index contributed by atoms with van der Waals surface area (Å²) in [5.41, 5.74) is 1.04. The minimum absolute atomic E-state index is 0.134. The van der Waals surface area contributed by atoms with Crippen LogP contribution in [0.5, 0.6) is 0 Å². The highest BCUT2D eigenvalue weighted by Crippen LogP contribution is 2.39. The van der Waals surface area contributed by atoms with Crippen molar-refractivity contribution in [1.82, 2.24) is 10.3 Å². The van der Waals surface area contributed by atoms with Crippen LogP contribution in [-0.4, -0.2) is 28.0 Å². The Kier molecular flexibility index (Phi) is 3.33. The molecule has 2 heterocycles. The van der Waals surface area contributed by atoms with Crippen molar-refractivity contribution in [2.24, 2.45) is 0 Å². The number of aromatic nitrogens is 1. The zero-order valence-electron chi connectivity index (χ0n) is 11.7. The Labute approximate surface area is 118 Å². The third-order valence-corrected chi connectivity index (χ3v) is 4.56. The molecule has 108 valence electrons. The van der Waals surface area contributed by atoms with Crippen LogP contribution in [0.4, 0.5) is 11.5 Å². The molecule has 2 N–H and O–H groups in total. The molecule has 3 rings (SSSR count). The van der Waals surface area contributed by atoms with Gasteiger partial charge in [-0.1, -0.05) is 0 Å². The lowest BCUT2D eigenvalue weighted by atomic mass is 9.70. The Morgan fingerprint density at radius 1 is 1.55 bits per heavy atom. The highest BCUT2D eigenvalue weighted by molar-refractivity contribution is 5.49. The Bertz CT molecular complexity index is 528. The van der Waals surface area contributed by atoms with Gasteiger partial charge in [-0.2, -0.15) is 0 Å². The third kappa shape index (κ3) is 2.47. The number of aryl methyl sites for hydroxylation is 1. The van der Waals surface area contributed by atoms with Gasteiger partial charge in [0.15, 0.2) is 0 Å². The summed E-state index contributed by atoms with van der Waals surface area (Å²) in [6, 6.07) is 1.90. The normalized spacial score (nSPS) is 24.1. The molecule has 0 bridgehead atoms. The second-order valence-corrected chi connectivity index (χ2v) is 6.01. The van der Waals surface area contributed by atoms with Crippen LogP contribution in [0.3, 0.4) is 0 Å².